The molecular weight excluding hydrogens is 461 g/mol. The van der Waals surface area contributed by atoms with Crippen LogP contribution in [0.1, 0.15) is 53.6 Å². The third-order valence-corrected chi connectivity index (χ3v) is 5.78. The van der Waals surface area contributed by atoms with Crippen molar-refractivity contribution in [3.63, 3.8) is 0 Å². The average Bonchev–Trinajstić information content (AvgIpc) is 3.53. The van der Waals surface area contributed by atoms with Crippen LogP contribution in [-0.2, 0) is 17.4 Å². The first-order valence-electron chi connectivity index (χ1n) is 11.4. The number of anilines is 2. The lowest BCUT2D eigenvalue weighted by Gasteiger charge is -2.16. The van der Waals surface area contributed by atoms with Crippen LogP contribution in [0.3, 0.4) is 0 Å². The molecule has 184 valence electrons. The van der Waals surface area contributed by atoms with Crippen molar-refractivity contribution >= 4 is 23.2 Å². The molecule has 0 aliphatic heterocycles. The number of aryl methyl sites for hydroxylation is 1. The van der Waals surface area contributed by atoms with Crippen molar-refractivity contribution in [3.8, 4) is 5.75 Å². The molecule has 0 radical (unpaired) electrons. The molecule has 3 aromatic rings. The van der Waals surface area contributed by atoms with E-state index in [9.17, 15) is 22.8 Å². The molecule has 1 saturated carbocycles. The van der Waals surface area contributed by atoms with Crippen molar-refractivity contribution < 1.29 is 31.9 Å². The first-order chi connectivity index (χ1) is 16.8. The molecule has 0 unspecified atom stereocenters. The summed E-state index contributed by atoms with van der Waals surface area (Å²) in [5.74, 6) is -0.419. The van der Waals surface area contributed by atoms with Gasteiger partial charge in [0.15, 0.2) is 0 Å². The summed E-state index contributed by atoms with van der Waals surface area (Å²) in [5, 5.41) is 4.74. The van der Waals surface area contributed by atoms with Gasteiger partial charge in [0.05, 0.1) is 29.2 Å². The normalized spacial score (nSPS) is 14.0. The Kier molecular flexibility index (Phi) is 7.43. The number of alkyl halides is 3. The second kappa shape index (κ2) is 10.7. The fourth-order valence-corrected chi connectivity index (χ4v) is 4.01. The zero-order chi connectivity index (χ0) is 24.8. The maximum Gasteiger partial charge on any atom is 0.418 e. The van der Waals surface area contributed by atoms with Crippen LogP contribution in [0.25, 0.3) is 0 Å². The highest BCUT2D eigenvalue weighted by Crippen LogP contribution is 2.37. The van der Waals surface area contributed by atoms with Crippen LogP contribution in [0.5, 0.6) is 5.75 Å². The summed E-state index contributed by atoms with van der Waals surface area (Å²) in [7, 11) is 0. The number of carbonyl (C=O) groups is 2. The summed E-state index contributed by atoms with van der Waals surface area (Å²) in [6.07, 6.45) is 2.67. The van der Waals surface area contributed by atoms with E-state index in [0.717, 1.165) is 49.1 Å². The van der Waals surface area contributed by atoms with Gasteiger partial charge in [0.2, 0.25) is 5.91 Å². The fraction of sp³-hybridized carbons (Fsp3) is 0.308. The van der Waals surface area contributed by atoms with Crippen molar-refractivity contribution in [2.45, 2.75) is 50.8 Å². The van der Waals surface area contributed by atoms with Gasteiger partial charge in [0.25, 0.3) is 5.91 Å². The van der Waals surface area contributed by atoms with Gasteiger partial charge in [0.1, 0.15) is 12.0 Å². The van der Waals surface area contributed by atoms with E-state index in [-0.39, 0.29) is 29.5 Å². The zero-order valence-corrected chi connectivity index (χ0v) is 18.9. The quantitative estimate of drug-likeness (QED) is 0.384. The van der Waals surface area contributed by atoms with E-state index in [1.54, 1.807) is 0 Å². The van der Waals surface area contributed by atoms with Crippen molar-refractivity contribution in [2.75, 3.05) is 10.6 Å². The molecule has 1 aliphatic rings. The number of halogens is 3. The van der Waals surface area contributed by atoms with Gasteiger partial charge in [-0.2, -0.15) is 13.2 Å². The summed E-state index contributed by atoms with van der Waals surface area (Å²) >= 11 is 0. The second-order valence-electron chi connectivity index (χ2n) is 8.44. The molecule has 1 heterocycles. The minimum atomic E-state index is -4.73. The minimum absolute atomic E-state index is 0.00313. The van der Waals surface area contributed by atoms with E-state index in [0.29, 0.717) is 6.42 Å². The predicted molar refractivity (Wildman–Crippen MR) is 124 cm³/mol. The lowest BCUT2D eigenvalue weighted by molar-refractivity contribution is -0.136. The number of rotatable bonds is 8. The first kappa shape index (κ1) is 24.4. The minimum Gasteiger partial charge on any atom is -0.490 e. The number of carbonyl (C=O) groups excluding carboxylic acids is 2. The Hall–Kier alpha value is -3.75. The molecule has 0 spiro atoms. The predicted octanol–water partition coefficient (Wildman–Crippen LogP) is 6.44. The van der Waals surface area contributed by atoms with Gasteiger partial charge in [-0.25, -0.2) is 0 Å². The number of benzene rings is 2. The summed E-state index contributed by atoms with van der Waals surface area (Å²) < 4.78 is 51.8. The number of hydrogen-bond acceptors (Lipinski definition) is 4. The lowest BCUT2D eigenvalue weighted by Crippen LogP contribution is -2.18. The van der Waals surface area contributed by atoms with Gasteiger partial charge in [-0.1, -0.05) is 12.1 Å². The molecule has 0 bridgehead atoms. The molecular formula is C26H25F3N2O4. The van der Waals surface area contributed by atoms with Crippen molar-refractivity contribution in [3.05, 3.63) is 77.7 Å². The average molecular weight is 486 g/mol. The molecule has 2 N–H and O–H groups in total. The van der Waals surface area contributed by atoms with Crippen LogP contribution in [0.2, 0.25) is 0 Å². The second-order valence-corrected chi connectivity index (χ2v) is 8.44. The number of furan rings is 1. The van der Waals surface area contributed by atoms with Gasteiger partial charge >= 0.3 is 6.18 Å². The van der Waals surface area contributed by atoms with Gasteiger partial charge in [0, 0.05) is 12.1 Å². The monoisotopic (exact) mass is 486 g/mol. The van der Waals surface area contributed by atoms with Gasteiger partial charge in [-0.3, -0.25) is 9.59 Å². The summed E-state index contributed by atoms with van der Waals surface area (Å²) in [4.78, 5) is 24.6. The van der Waals surface area contributed by atoms with Crippen LogP contribution in [0.4, 0.5) is 24.5 Å². The molecule has 0 saturated heterocycles. The largest absolute Gasteiger partial charge is 0.490 e. The highest BCUT2D eigenvalue weighted by atomic mass is 19.4. The lowest BCUT2D eigenvalue weighted by atomic mass is 10.1. The van der Waals surface area contributed by atoms with Crippen LogP contribution in [0, 0.1) is 0 Å². The zero-order valence-electron chi connectivity index (χ0n) is 18.9. The van der Waals surface area contributed by atoms with E-state index in [4.69, 9.17) is 9.15 Å². The van der Waals surface area contributed by atoms with Gasteiger partial charge in [-0.15, -0.1) is 0 Å². The Morgan fingerprint density at radius 1 is 1.03 bits per heavy atom. The Labute approximate surface area is 200 Å². The highest BCUT2D eigenvalue weighted by Gasteiger charge is 2.34. The molecule has 1 fully saturated rings. The topological polar surface area (TPSA) is 80.6 Å². The van der Waals surface area contributed by atoms with E-state index >= 15 is 0 Å². The molecule has 1 aromatic heterocycles. The first-order valence-corrected chi connectivity index (χ1v) is 11.4. The number of ether oxygens (including phenoxy) is 1. The van der Waals surface area contributed by atoms with Crippen LogP contribution in [0.15, 0.2) is 65.5 Å². The van der Waals surface area contributed by atoms with E-state index in [1.807, 2.05) is 24.3 Å². The summed E-state index contributed by atoms with van der Waals surface area (Å²) in [5.41, 5.74) is -0.441. The summed E-state index contributed by atoms with van der Waals surface area (Å²) in [6.45, 7) is 0. The molecule has 4 rings (SSSR count). The molecule has 2 aromatic carbocycles. The molecule has 35 heavy (non-hydrogen) atoms. The Morgan fingerprint density at radius 3 is 2.54 bits per heavy atom. The maximum absolute atomic E-state index is 13.7. The maximum atomic E-state index is 13.7. The standard InChI is InChI=1S/C26H25F3N2O4/c27-26(28,29)22-15-19(30-25(33)18-12-13-34-16-18)9-10-23(22)31-24(32)11-8-17-4-3-7-21(14-17)35-20-5-1-2-6-20/h3-4,7,9-10,12-16,20H,1-2,5-6,8,11H2,(H,30,33)(H,31,32). The molecule has 9 heteroatoms. The molecule has 1 aliphatic carbocycles. The van der Waals surface area contributed by atoms with Crippen LogP contribution in [-0.4, -0.2) is 17.9 Å². The Morgan fingerprint density at radius 2 is 1.83 bits per heavy atom. The highest BCUT2D eigenvalue weighted by molar-refractivity contribution is 6.04. The number of amides is 2. The smallest absolute Gasteiger partial charge is 0.418 e. The van der Waals surface area contributed by atoms with E-state index < -0.39 is 23.6 Å². The third-order valence-electron chi connectivity index (χ3n) is 5.78. The third kappa shape index (κ3) is 6.65. The van der Waals surface area contributed by atoms with Crippen molar-refractivity contribution in [1.29, 1.82) is 0 Å². The van der Waals surface area contributed by atoms with Gasteiger partial charge < -0.3 is 19.8 Å². The number of nitrogens with one attached hydrogen (secondary N) is 2. The molecule has 6 nitrogen and oxygen atoms in total. The van der Waals surface area contributed by atoms with Crippen molar-refractivity contribution in [1.82, 2.24) is 0 Å². The van der Waals surface area contributed by atoms with Crippen molar-refractivity contribution in [2.24, 2.45) is 0 Å². The molecule has 2 amide bonds. The fourth-order valence-electron chi connectivity index (χ4n) is 4.01. The number of hydrogen-bond donors (Lipinski definition) is 2. The Bertz CT molecular complexity index is 1170. The molecule has 0 atom stereocenters. The van der Waals surface area contributed by atoms with E-state index in [1.165, 1.54) is 24.7 Å². The van der Waals surface area contributed by atoms with E-state index in [2.05, 4.69) is 10.6 Å². The SMILES string of the molecule is O=C(CCc1cccc(OC2CCCC2)c1)Nc1ccc(NC(=O)c2ccoc2)cc1C(F)(F)F. The van der Waals surface area contributed by atoms with Crippen LogP contribution >= 0.6 is 0 Å². The van der Waals surface area contributed by atoms with Crippen LogP contribution < -0.4 is 15.4 Å². The summed E-state index contributed by atoms with van der Waals surface area (Å²) in [6, 6.07) is 12.0. The van der Waals surface area contributed by atoms with Gasteiger partial charge in [-0.05, 0) is 74.1 Å². The Balaban J connectivity index is 1.38.